The summed E-state index contributed by atoms with van der Waals surface area (Å²) < 4.78 is 13.5. The van der Waals surface area contributed by atoms with E-state index in [2.05, 4.69) is 37.0 Å². The van der Waals surface area contributed by atoms with Gasteiger partial charge in [0.1, 0.15) is 36.6 Å². The number of tetrazole rings is 1. The van der Waals surface area contributed by atoms with Gasteiger partial charge in [-0.05, 0) is 23.3 Å². The van der Waals surface area contributed by atoms with E-state index in [9.17, 15) is 35.4 Å². The number of aliphatic hydroxyl groups excluding tert-OH is 6. The Balaban J connectivity index is 1.66. The summed E-state index contributed by atoms with van der Waals surface area (Å²) in [5.41, 5.74) is -0.548. The van der Waals surface area contributed by atoms with Crippen molar-refractivity contribution in [2.24, 2.45) is 0 Å². The molecule has 0 aromatic carbocycles. The average Bonchev–Trinajstić information content (AvgIpc) is 3.65. The standard InChI is InChI=1S/C51H102N4O9Si/c1-5-6-7-8-9-10-11-23-26-29-32-35-38-44(57)46(58)43(42-63-50-49(61)48(60)47(59)45(41-56)64-50)55-51(62)54(52-53-55)39-36-33-30-27-24-21-19-17-15-13-12-14-16-18-20-22-25-28-31-34-37-40-65(2,3)4/h43-50,56-61H,5-42H2,1-4H3/t43-,44+,45?,46-,47?,48?,49?,50?/m0/s1. The normalized spacial score (nSPS) is 20.7. The minimum atomic E-state index is -1.66. The van der Waals surface area contributed by atoms with E-state index in [1.54, 1.807) is 0 Å². The molecule has 1 aliphatic heterocycles. The molecular formula is C51H102N4O9Si. The van der Waals surface area contributed by atoms with Gasteiger partial charge in [-0.1, -0.05) is 238 Å². The van der Waals surface area contributed by atoms with Crippen LogP contribution in [0, 0.1) is 0 Å². The van der Waals surface area contributed by atoms with Gasteiger partial charge >= 0.3 is 5.69 Å². The molecule has 5 unspecified atom stereocenters. The number of nitrogens with zero attached hydrogens (tertiary/aromatic N) is 4. The van der Waals surface area contributed by atoms with Crippen molar-refractivity contribution in [3.8, 4) is 0 Å². The lowest BCUT2D eigenvalue weighted by atomic mass is 9.98. The van der Waals surface area contributed by atoms with E-state index >= 15 is 0 Å². The van der Waals surface area contributed by atoms with E-state index in [4.69, 9.17) is 9.47 Å². The van der Waals surface area contributed by atoms with Crippen LogP contribution >= 0.6 is 0 Å². The molecule has 1 saturated heterocycles. The molecule has 0 radical (unpaired) electrons. The fourth-order valence-corrected chi connectivity index (χ4v) is 10.6. The van der Waals surface area contributed by atoms with Crippen LogP contribution in [0.5, 0.6) is 0 Å². The van der Waals surface area contributed by atoms with E-state index < -0.39 is 75.9 Å². The summed E-state index contributed by atoms with van der Waals surface area (Å²) in [5, 5.41) is 71.3. The van der Waals surface area contributed by atoms with Crippen molar-refractivity contribution in [2.75, 3.05) is 13.2 Å². The van der Waals surface area contributed by atoms with Gasteiger partial charge in [-0.15, -0.1) is 0 Å². The molecule has 65 heavy (non-hydrogen) atoms. The van der Waals surface area contributed by atoms with E-state index in [1.807, 2.05) is 0 Å². The Morgan fingerprint density at radius 2 is 1.00 bits per heavy atom. The second-order valence-corrected chi connectivity index (χ2v) is 26.6. The third kappa shape index (κ3) is 27.5. The molecule has 0 bridgehead atoms. The second-order valence-electron chi connectivity index (χ2n) is 21.0. The first-order valence-electron chi connectivity index (χ1n) is 27.2. The predicted octanol–water partition coefficient (Wildman–Crippen LogP) is 10.1. The smallest absolute Gasteiger partial charge is 0.364 e. The maximum atomic E-state index is 13.6. The molecule has 1 aromatic heterocycles. The molecule has 384 valence electrons. The first-order chi connectivity index (χ1) is 31.4. The number of hydrogen-bond donors (Lipinski definition) is 6. The zero-order valence-corrected chi connectivity index (χ0v) is 43.2. The lowest BCUT2D eigenvalue weighted by molar-refractivity contribution is -0.304. The van der Waals surface area contributed by atoms with Crippen LogP contribution in [0.4, 0.5) is 0 Å². The second kappa shape index (κ2) is 37.6. The molecule has 0 saturated carbocycles. The number of hydrogen-bond acceptors (Lipinski definition) is 11. The van der Waals surface area contributed by atoms with Gasteiger partial charge in [-0.2, -0.15) is 9.36 Å². The Hall–Kier alpha value is -1.23. The summed E-state index contributed by atoms with van der Waals surface area (Å²) >= 11 is 0. The molecule has 8 atom stereocenters. The zero-order valence-electron chi connectivity index (χ0n) is 42.2. The van der Waals surface area contributed by atoms with Crippen LogP contribution in [0.2, 0.25) is 25.7 Å². The summed E-state index contributed by atoms with van der Waals surface area (Å²) in [6.07, 6.45) is 31.7. The molecule has 2 heterocycles. The van der Waals surface area contributed by atoms with Crippen LogP contribution in [0.3, 0.4) is 0 Å². The maximum Gasteiger partial charge on any atom is 0.364 e. The highest BCUT2D eigenvalue weighted by atomic mass is 28.3. The van der Waals surface area contributed by atoms with Crippen LogP contribution in [-0.2, 0) is 16.0 Å². The molecule has 0 amide bonds. The van der Waals surface area contributed by atoms with Gasteiger partial charge in [0.25, 0.3) is 0 Å². The highest BCUT2D eigenvalue weighted by molar-refractivity contribution is 6.76. The van der Waals surface area contributed by atoms with Crippen molar-refractivity contribution in [3.63, 3.8) is 0 Å². The number of aliphatic hydroxyl groups is 6. The molecule has 1 aromatic rings. The van der Waals surface area contributed by atoms with Crippen molar-refractivity contribution in [3.05, 3.63) is 10.5 Å². The number of rotatable bonds is 44. The van der Waals surface area contributed by atoms with Gasteiger partial charge in [0.15, 0.2) is 6.29 Å². The summed E-state index contributed by atoms with van der Waals surface area (Å²) in [6.45, 7) is 9.01. The quantitative estimate of drug-likeness (QED) is 0.0269. The van der Waals surface area contributed by atoms with E-state index in [0.29, 0.717) is 19.4 Å². The van der Waals surface area contributed by atoms with Gasteiger partial charge in [0.05, 0.1) is 19.3 Å². The Labute approximate surface area is 396 Å². The Morgan fingerprint density at radius 3 is 1.43 bits per heavy atom. The highest BCUT2D eigenvalue weighted by Crippen LogP contribution is 2.25. The third-order valence-electron chi connectivity index (χ3n) is 13.7. The van der Waals surface area contributed by atoms with Crippen molar-refractivity contribution < 1.29 is 40.1 Å². The van der Waals surface area contributed by atoms with Crippen LogP contribution in [0.1, 0.15) is 231 Å². The van der Waals surface area contributed by atoms with Crippen LogP contribution in [0.15, 0.2) is 4.79 Å². The molecule has 14 heteroatoms. The summed E-state index contributed by atoms with van der Waals surface area (Å²) in [7, 11) is -0.843. The van der Waals surface area contributed by atoms with Crippen LogP contribution < -0.4 is 5.69 Å². The van der Waals surface area contributed by atoms with Gasteiger partial charge in [0, 0.05) is 14.6 Å². The molecule has 6 N–H and O–H groups in total. The summed E-state index contributed by atoms with van der Waals surface area (Å²) in [6, 6.07) is 0.309. The van der Waals surface area contributed by atoms with Crippen molar-refractivity contribution in [1.82, 2.24) is 19.8 Å². The molecule has 0 aliphatic carbocycles. The molecule has 13 nitrogen and oxygen atoms in total. The van der Waals surface area contributed by atoms with E-state index in [1.165, 1.54) is 178 Å². The number of unbranched alkanes of at least 4 members (excludes halogenated alkanes) is 31. The minimum Gasteiger partial charge on any atom is -0.394 e. The Morgan fingerprint density at radius 1 is 0.585 bits per heavy atom. The molecule has 1 aliphatic rings. The largest absolute Gasteiger partial charge is 0.394 e. The topological polar surface area (TPSA) is 193 Å². The van der Waals surface area contributed by atoms with Crippen LogP contribution in [0.25, 0.3) is 0 Å². The molecule has 1 fully saturated rings. The number of aryl methyl sites for hydroxylation is 1. The van der Waals surface area contributed by atoms with E-state index in [-0.39, 0.29) is 0 Å². The zero-order chi connectivity index (χ0) is 47.5. The fourth-order valence-electron chi connectivity index (χ4n) is 9.24. The van der Waals surface area contributed by atoms with Crippen molar-refractivity contribution in [1.29, 1.82) is 0 Å². The van der Waals surface area contributed by atoms with Gasteiger partial charge in [0.2, 0.25) is 0 Å². The third-order valence-corrected chi connectivity index (χ3v) is 15.5. The first kappa shape index (κ1) is 59.9. The highest BCUT2D eigenvalue weighted by Gasteiger charge is 2.45. The molecular weight excluding hydrogens is 841 g/mol. The van der Waals surface area contributed by atoms with Crippen molar-refractivity contribution in [2.45, 2.75) is 306 Å². The lowest BCUT2D eigenvalue weighted by Gasteiger charge is -2.40. The van der Waals surface area contributed by atoms with E-state index in [0.717, 1.165) is 43.2 Å². The Bertz CT molecular complexity index is 1300. The lowest BCUT2D eigenvalue weighted by Crippen LogP contribution is -2.59. The van der Waals surface area contributed by atoms with Crippen molar-refractivity contribution >= 4 is 8.07 Å². The number of aromatic nitrogens is 4. The first-order valence-corrected chi connectivity index (χ1v) is 30.9. The van der Waals surface area contributed by atoms with Gasteiger partial charge < -0.3 is 40.1 Å². The summed E-state index contributed by atoms with van der Waals surface area (Å²) in [5.74, 6) is 0. The number of ether oxygens (including phenoxy) is 2. The molecule has 2 rings (SSSR count). The SMILES string of the molecule is CCCCCCCCCCCCCC[C@@H](O)[C@@H](O)[C@H](COC1OC(CO)C(O)C(O)C1O)n1nnn(CCCCCCCCCCCCCCCCCCCCCCC[Si](C)(C)C)c1=O. The van der Waals surface area contributed by atoms with Gasteiger partial charge in [-0.3, -0.25) is 0 Å². The average molecular weight is 943 g/mol. The monoisotopic (exact) mass is 943 g/mol. The fraction of sp³-hybridized carbons (Fsp3) is 0.980. The van der Waals surface area contributed by atoms with Gasteiger partial charge in [-0.25, -0.2) is 4.79 Å². The molecule has 0 spiro atoms. The predicted molar refractivity (Wildman–Crippen MR) is 266 cm³/mol. The Kier molecular flexibility index (Phi) is 34.7. The maximum absolute atomic E-state index is 13.6. The minimum absolute atomic E-state index is 0.317. The van der Waals surface area contributed by atoms with Crippen LogP contribution in [-0.4, -0.2) is 115 Å². The summed E-state index contributed by atoms with van der Waals surface area (Å²) in [4.78, 5) is 13.6.